The Balaban J connectivity index is 2.29. The molecule has 2 amide bonds. The first-order chi connectivity index (χ1) is 11.7. The maximum Gasteiger partial charge on any atom is 0.257 e. The van der Waals surface area contributed by atoms with Gasteiger partial charge in [0.25, 0.3) is 11.8 Å². The van der Waals surface area contributed by atoms with Crippen LogP contribution >= 0.6 is 0 Å². The molecule has 0 aliphatic carbocycles. The summed E-state index contributed by atoms with van der Waals surface area (Å²) in [4.78, 5) is 24.3. The van der Waals surface area contributed by atoms with Crippen LogP contribution in [0.5, 0.6) is 5.75 Å². The largest absolute Gasteiger partial charge is 0.490 e. The van der Waals surface area contributed by atoms with E-state index in [0.717, 1.165) is 17.9 Å². The van der Waals surface area contributed by atoms with E-state index >= 15 is 0 Å². The number of amides is 2. The smallest absolute Gasteiger partial charge is 0.257 e. The van der Waals surface area contributed by atoms with Gasteiger partial charge in [0.15, 0.2) is 0 Å². The van der Waals surface area contributed by atoms with Crippen LogP contribution in [0, 0.1) is 13.8 Å². The third-order valence-electron chi connectivity index (χ3n) is 4.00. The minimum atomic E-state index is -0.601. The summed E-state index contributed by atoms with van der Waals surface area (Å²) in [5.74, 6) is -0.415. The van der Waals surface area contributed by atoms with E-state index in [1.807, 2.05) is 40.7 Å². The molecule has 0 radical (unpaired) electrons. The predicted octanol–water partition coefficient (Wildman–Crippen LogP) is 3.26. The Bertz CT molecular complexity index is 806. The van der Waals surface area contributed by atoms with Crippen LogP contribution in [0.25, 0.3) is 0 Å². The van der Waals surface area contributed by atoms with Gasteiger partial charge in [-0.1, -0.05) is 0 Å². The van der Waals surface area contributed by atoms with Crippen LogP contribution in [-0.2, 0) is 6.54 Å². The lowest BCUT2D eigenvalue weighted by Crippen LogP contribution is -2.17. The molecule has 0 spiro atoms. The van der Waals surface area contributed by atoms with Gasteiger partial charge in [0, 0.05) is 23.6 Å². The van der Waals surface area contributed by atoms with E-state index in [-0.39, 0.29) is 17.6 Å². The SMILES string of the molecule is CCn1c(C)cc(C(=O)Nc2ccc(OC(C)C)c(C(N)=O)c2)c1C. The second kappa shape index (κ2) is 7.42. The zero-order valence-corrected chi connectivity index (χ0v) is 15.3. The molecule has 0 unspecified atom stereocenters. The molecular weight excluding hydrogens is 318 g/mol. The predicted molar refractivity (Wildman–Crippen MR) is 98.3 cm³/mol. The first kappa shape index (κ1) is 18.6. The summed E-state index contributed by atoms with van der Waals surface area (Å²) in [6.07, 6.45) is -0.0852. The summed E-state index contributed by atoms with van der Waals surface area (Å²) in [6.45, 7) is 10.5. The molecule has 1 aromatic carbocycles. The summed E-state index contributed by atoms with van der Waals surface area (Å²) in [5.41, 5.74) is 8.72. The Kier molecular flexibility index (Phi) is 5.51. The summed E-state index contributed by atoms with van der Waals surface area (Å²) < 4.78 is 7.66. The first-order valence-corrected chi connectivity index (χ1v) is 8.33. The van der Waals surface area contributed by atoms with Crippen molar-refractivity contribution in [3.8, 4) is 5.75 Å². The number of nitrogens with zero attached hydrogens (tertiary/aromatic N) is 1. The van der Waals surface area contributed by atoms with Crippen molar-refractivity contribution in [2.24, 2.45) is 5.73 Å². The van der Waals surface area contributed by atoms with Crippen molar-refractivity contribution in [3.63, 3.8) is 0 Å². The Morgan fingerprint density at radius 2 is 1.88 bits per heavy atom. The molecule has 1 aromatic heterocycles. The van der Waals surface area contributed by atoms with Crippen LogP contribution in [0.2, 0.25) is 0 Å². The number of hydrogen-bond donors (Lipinski definition) is 2. The lowest BCUT2D eigenvalue weighted by atomic mass is 10.1. The van der Waals surface area contributed by atoms with E-state index in [4.69, 9.17) is 10.5 Å². The Hall–Kier alpha value is -2.76. The molecule has 0 saturated carbocycles. The maximum absolute atomic E-state index is 12.6. The fourth-order valence-electron chi connectivity index (χ4n) is 2.87. The highest BCUT2D eigenvalue weighted by atomic mass is 16.5. The molecule has 0 atom stereocenters. The lowest BCUT2D eigenvalue weighted by Gasteiger charge is -2.14. The van der Waals surface area contributed by atoms with Crippen LogP contribution in [0.4, 0.5) is 5.69 Å². The lowest BCUT2D eigenvalue weighted by molar-refractivity contribution is 0.0990. The average Bonchev–Trinajstić information content (AvgIpc) is 2.82. The Labute approximate surface area is 148 Å². The van der Waals surface area contributed by atoms with Gasteiger partial charge in [0.05, 0.1) is 17.2 Å². The highest BCUT2D eigenvalue weighted by Crippen LogP contribution is 2.25. The molecule has 6 nitrogen and oxygen atoms in total. The number of primary amides is 1. The normalized spacial score (nSPS) is 10.8. The number of nitrogens with one attached hydrogen (secondary N) is 1. The van der Waals surface area contributed by atoms with Crippen molar-refractivity contribution in [2.45, 2.75) is 47.3 Å². The number of nitrogens with two attached hydrogens (primary N) is 1. The number of hydrogen-bond acceptors (Lipinski definition) is 3. The monoisotopic (exact) mass is 343 g/mol. The van der Waals surface area contributed by atoms with Crippen molar-refractivity contribution < 1.29 is 14.3 Å². The standard InChI is InChI=1S/C19H25N3O3/c1-6-22-12(4)9-15(13(22)5)19(24)21-14-7-8-17(25-11(2)3)16(10-14)18(20)23/h7-11H,6H2,1-5H3,(H2,20,23)(H,21,24). The van der Waals surface area contributed by atoms with Crippen molar-refractivity contribution in [3.05, 3.63) is 46.8 Å². The van der Waals surface area contributed by atoms with Crippen molar-refractivity contribution in [2.75, 3.05) is 5.32 Å². The van der Waals surface area contributed by atoms with Crippen LogP contribution in [0.3, 0.4) is 0 Å². The third kappa shape index (κ3) is 4.02. The third-order valence-corrected chi connectivity index (χ3v) is 4.00. The van der Waals surface area contributed by atoms with Crippen molar-refractivity contribution in [1.29, 1.82) is 0 Å². The minimum Gasteiger partial charge on any atom is -0.490 e. The fraction of sp³-hybridized carbons (Fsp3) is 0.368. The number of anilines is 1. The van der Waals surface area contributed by atoms with Gasteiger partial charge < -0.3 is 20.4 Å². The highest BCUT2D eigenvalue weighted by molar-refractivity contribution is 6.06. The number of carbonyl (C=O) groups is 2. The molecule has 25 heavy (non-hydrogen) atoms. The van der Waals surface area contributed by atoms with E-state index in [1.165, 1.54) is 6.07 Å². The summed E-state index contributed by atoms with van der Waals surface area (Å²) >= 11 is 0. The van der Waals surface area contributed by atoms with Gasteiger partial charge in [0.2, 0.25) is 0 Å². The topological polar surface area (TPSA) is 86.3 Å². The molecule has 134 valence electrons. The molecule has 0 saturated heterocycles. The first-order valence-electron chi connectivity index (χ1n) is 8.33. The molecule has 2 aromatic rings. The maximum atomic E-state index is 12.6. The number of ether oxygens (including phenoxy) is 1. The number of rotatable bonds is 6. The highest BCUT2D eigenvalue weighted by Gasteiger charge is 2.17. The van der Waals surface area contributed by atoms with Crippen LogP contribution in [0.15, 0.2) is 24.3 Å². The summed E-state index contributed by atoms with van der Waals surface area (Å²) in [5, 5.41) is 2.82. The minimum absolute atomic E-state index is 0.0852. The molecule has 3 N–H and O–H groups in total. The number of benzene rings is 1. The van der Waals surface area contributed by atoms with Crippen LogP contribution in [0.1, 0.15) is 52.9 Å². The number of carbonyl (C=O) groups excluding carboxylic acids is 2. The van der Waals surface area contributed by atoms with E-state index in [2.05, 4.69) is 9.88 Å². The van der Waals surface area contributed by atoms with Gasteiger partial charge in [-0.2, -0.15) is 0 Å². The number of aryl methyl sites for hydroxylation is 1. The Morgan fingerprint density at radius 1 is 1.20 bits per heavy atom. The zero-order valence-electron chi connectivity index (χ0n) is 15.3. The zero-order chi connectivity index (χ0) is 18.7. The van der Waals surface area contributed by atoms with Gasteiger partial charge in [-0.25, -0.2) is 0 Å². The summed E-state index contributed by atoms with van der Waals surface area (Å²) in [6, 6.07) is 6.74. The van der Waals surface area contributed by atoms with Crippen molar-refractivity contribution in [1.82, 2.24) is 4.57 Å². The molecule has 6 heteroatoms. The second-order valence-corrected chi connectivity index (χ2v) is 6.22. The number of aromatic nitrogens is 1. The van der Waals surface area contributed by atoms with E-state index in [1.54, 1.807) is 12.1 Å². The van der Waals surface area contributed by atoms with E-state index in [9.17, 15) is 9.59 Å². The molecular formula is C19H25N3O3. The van der Waals surface area contributed by atoms with Gasteiger partial charge >= 0.3 is 0 Å². The van der Waals surface area contributed by atoms with Gasteiger partial charge in [-0.15, -0.1) is 0 Å². The molecule has 0 fully saturated rings. The Morgan fingerprint density at radius 3 is 2.40 bits per heavy atom. The molecule has 1 heterocycles. The summed E-state index contributed by atoms with van der Waals surface area (Å²) in [7, 11) is 0. The van der Waals surface area contributed by atoms with Gasteiger partial charge in [-0.05, 0) is 58.9 Å². The quantitative estimate of drug-likeness (QED) is 0.844. The molecule has 0 bridgehead atoms. The van der Waals surface area contributed by atoms with Crippen LogP contribution < -0.4 is 15.8 Å². The molecule has 2 rings (SSSR count). The molecule has 0 aliphatic heterocycles. The van der Waals surface area contributed by atoms with Gasteiger partial charge in [-0.3, -0.25) is 9.59 Å². The fourth-order valence-corrected chi connectivity index (χ4v) is 2.87. The van der Waals surface area contributed by atoms with Crippen LogP contribution in [-0.4, -0.2) is 22.5 Å². The molecule has 0 aliphatic rings. The average molecular weight is 343 g/mol. The van der Waals surface area contributed by atoms with E-state index in [0.29, 0.717) is 17.0 Å². The van der Waals surface area contributed by atoms with Crippen molar-refractivity contribution >= 4 is 17.5 Å². The second-order valence-electron chi connectivity index (χ2n) is 6.22. The van der Waals surface area contributed by atoms with E-state index < -0.39 is 5.91 Å². The van der Waals surface area contributed by atoms with Gasteiger partial charge in [0.1, 0.15) is 5.75 Å².